The molecule has 0 aliphatic rings. The van der Waals surface area contributed by atoms with Crippen molar-refractivity contribution in [1.82, 2.24) is 4.57 Å². The monoisotopic (exact) mass is 625 g/mol. The van der Waals surface area contributed by atoms with Gasteiger partial charge in [0, 0.05) is 0 Å². The number of rotatable bonds is 7. The lowest BCUT2D eigenvalue weighted by molar-refractivity contribution is 0.310. The molecule has 0 heterocycles. The SMILES string of the molecule is CC(C)N(C(C)C)[Si](Cl)([Si](Cl)(Cl)[Si](Cl)(Cl)Cl)[Si](Cl)(Cl)[Si](Cl)(Cl)Cl. The lowest BCUT2D eigenvalue weighted by Crippen LogP contribution is -2.86. The third kappa shape index (κ3) is 5.24. The summed E-state index contributed by atoms with van der Waals surface area (Å²) >= 11 is 70.9. The van der Waals surface area contributed by atoms with Crippen LogP contribution in [0.1, 0.15) is 27.7 Å². The third-order valence-corrected chi connectivity index (χ3v) is 115. The quantitative estimate of drug-likeness (QED) is 0.212. The van der Waals surface area contributed by atoms with Crippen LogP contribution in [0, 0.1) is 0 Å². The summed E-state index contributed by atoms with van der Waals surface area (Å²) in [5.41, 5.74) is -15.0. The molecule has 0 bridgehead atoms. The highest BCUT2D eigenvalue weighted by Crippen LogP contribution is 2.56. The molecule has 0 aromatic carbocycles. The number of halogens is 11. The van der Waals surface area contributed by atoms with Crippen LogP contribution in [0.4, 0.5) is 0 Å². The van der Waals surface area contributed by atoms with Gasteiger partial charge < -0.3 is 4.57 Å². The molecule has 0 aliphatic heterocycles. The zero-order valence-corrected chi connectivity index (χ0v) is 25.6. The minimum absolute atomic E-state index is 0.129. The summed E-state index contributed by atoms with van der Waals surface area (Å²) < 4.78 is 1.84. The van der Waals surface area contributed by atoms with Crippen LogP contribution in [-0.4, -0.2) is 45.7 Å². The van der Waals surface area contributed by atoms with E-state index in [0.29, 0.717) is 0 Å². The third-order valence-electron chi connectivity index (χ3n) is 3.01. The van der Waals surface area contributed by atoms with Gasteiger partial charge in [-0.1, -0.05) is 27.7 Å². The highest BCUT2D eigenvalue weighted by Gasteiger charge is 2.83. The zero-order chi connectivity index (χ0) is 19.2. The summed E-state index contributed by atoms with van der Waals surface area (Å²) in [6, 6.07) is -0.258. The van der Waals surface area contributed by atoms with Crippen LogP contribution >= 0.6 is 122 Å². The summed E-state index contributed by atoms with van der Waals surface area (Å²) in [7, 11) is 0. The van der Waals surface area contributed by atoms with Gasteiger partial charge in [0.2, 0.25) is 0 Å². The fourth-order valence-electron chi connectivity index (χ4n) is 2.20. The first-order valence-corrected chi connectivity index (χ1v) is 31.2. The van der Waals surface area contributed by atoms with E-state index >= 15 is 0 Å². The van der Waals surface area contributed by atoms with Crippen LogP contribution in [0.2, 0.25) is 0 Å². The Kier molecular flexibility index (Phi) is 10.6. The molecule has 1 nitrogen and oxygen atoms in total. The molecule has 0 atom stereocenters. The molecular formula is C6H14Cl11NSi5. The molecule has 0 aliphatic carbocycles. The second kappa shape index (κ2) is 8.94. The molecule has 0 aromatic rings. The van der Waals surface area contributed by atoms with Crippen molar-refractivity contribution in [3.63, 3.8) is 0 Å². The first-order valence-electron chi connectivity index (χ1n) is 6.13. The lowest BCUT2D eigenvalue weighted by Gasteiger charge is -2.53. The van der Waals surface area contributed by atoms with Gasteiger partial charge in [0.15, 0.2) is 0 Å². The van der Waals surface area contributed by atoms with E-state index in [1.54, 1.807) is 0 Å². The molecule has 17 heteroatoms. The van der Waals surface area contributed by atoms with E-state index in [2.05, 4.69) is 0 Å². The summed E-state index contributed by atoms with van der Waals surface area (Å²) in [6.07, 6.45) is 0. The van der Waals surface area contributed by atoms with Crippen LogP contribution in [0.15, 0.2) is 0 Å². The van der Waals surface area contributed by atoms with E-state index in [-0.39, 0.29) is 12.1 Å². The Hall–Kier alpha value is 4.23. The Morgan fingerprint density at radius 1 is 0.522 bits per heavy atom. The van der Waals surface area contributed by atoms with Gasteiger partial charge in [-0.25, -0.2) is 0 Å². The van der Waals surface area contributed by atoms with Crippen LogP contribution in [0.5, 0.6) is 0 Å². The van der Waals surface area contributed by atoms with Gasteiger partial charge >= 0.3 is 22.5 Å². The lowest BCUT2D eigenvalue weighted by atomic mass is 10.3. The van der Waals surface area contributed by atoms with E-state index in [1.807, 2.05) is 32.3 Å². The van der Waals surface area contributed by atoms with E-state index in [4.69, 9.17) is 122 Å². The Bertz CT molecular complexity index is 384. The standard InChI is InChI=1S/C6H14Cl11NSi5/c1-5(2)18(6(3)4)23(17,21(13,14)19(7,8)9)22(15,16)20(10,11)12/h5-6H,1-4H3. The average Bonchev–Trinajstić information content (AvgIpc) is 2.23. The summed E-state index contributed by atoms with van der Waals surface area (Å²) in [6.45, 7) is 3.80. The average molecular weight is 631 g/mol. The van der Waals surface area contributed by atoms with Gasteiger partial charge in [0.25, 0.3) is 6.58 Å². The number of nitrogens with zero attached hydrogens (tertiary/aromatic N) is 1. The van der Waals surface area contributed by atoms with Gasteiger partial charge in [0.1, 0.15) is 0 Å². The Morgan fingerprint density at radius 2 is 0.739 bits per heavy atom. The second-order valence-electron chi connectivity index (χ2n) is 5.36. The molecule has 0 fully saturated rings. The van der Waals surface area contributed by atoms with E-state index in [9.17, 15) is 0 Å². The predicted molar refractivity (Wildman–Crippen MR) is 125 cm³/mol. The first-order chi connectivity index (χ1) is 9.76. The Balaban J connectivity index is 6.79. The molecule has 0 rings (SSSR count). The molecular weight excluding hydrogens is 616 g/mol. The maximum Gasteiger partial charge on any atom is 0.358 e. The van der Waals surface area contributed by atoms with Crippen molar-refractivity contribution in [3.8, 4) is 0 Å². The highest BCUT2D eigenvalue weighted by molar-refractivity contribution is 8.33. The molecule has 0 unspecified atom stereocenters. The molecule has 0 spiro atoms. The molecule has 0 N–H and O–H groups in total. The fourth-order valence-corrected chi connectivity index (χ4v) is 134. The predicted octanol–water partition coefficient (Wildman–Crippen LogP) is 7.25. The van der Waals surface area contributed by atoms with Crippen molar-refractivity contribution >= 4 is 151 Å². The largest absolute Gasteiger partial charge is 0.358 e. The van der Waals surface area contributed by atoms with Crippen molar-refractivity contribution in [3.05, 3.63) is 0 Å². The first kappa shape index (κ1) is 27.2. The fraction of sp³-hybridized carbons (Fsp3) is 1.00. The van der Waals surface area contributed by atoms with Gasteiger partial charge in [-0.3, -0.25) is 0 Å². The molecule has 0 amide bonds. The smallest absolute Gasteiger partial charge is 0.308 e. The Labute approximate surface area is 193 Å². The number of hydrogen-bond donors (Lipinski definition) is 0. The minimum Gasteiger partial charge on any atom is -0.308 e. The van der Waals surface area contributed by atoms with Crippen LogP contribution < -0.4 is 0 Å². The summed E-state index contributed by atoms with van der Waals surface area (Å²) in [4.78, 5) is 0. The maximum absolute atomic E-state index is 7.07. The van der Waals surface area contributed by atoms with Crippen molar-refractivity contribution in [2.45, 2.75) is 39.8 Å². The van der Waals surface area contributed by atoms with E-state index in [1.165, 1.54) is 0 Å². The molecule has 0 aromatic heterocycles. The van der Waals surface area contributed by atoms with Gasteiger partial charge in [-0.2, -0.15) is 0 Å². The van der Waals surface area contributed by atoms with Gasteiger partial charge in [-0.05, 0) is 12.1 Å². The van der Waals surface area contributed by atoms with Gasteiger partial charge in [-0.15, -0.1) is 122 Å². The van der Waals surface area contributed by atoms with Crippen molar-refractivity contribution in [2.24, 2.45) is 0 Å². The van der Waals surface area contributed by atoms with E-state index < -0.39 is 29.1 Å². The normalized spacial score (nSPS) is 15.9. The molecule has 0 radical (unpaired) electrons. The minimum atomic E-state index is -3.80. The molecule has 140 valence electrons. The van der Waals surface area contributed by atoms with Crippen LogP contribution in [0.3, 0.4) is 0 Å². The summed E-state index contributed by atoms with van der Waals surface area (Å²) in [5.74, 6) is 0. The topological polar surface area (TPSA) is 3.24 Å². The summed E-state index contributed by atoms with van der Waals surface area (Å²) in [5, 5.41) is 0. The van der Waals surface area contributed by atoms with Crippen molar-refractivity contribution in [1.29, 1.82) is 0 Å². The van der Waals surface area contributed by atoms with Crippen molar-refractivity contribution < 1.29 is 0 Å². The highest BCUT2D eigenvalue weighted by atomic mass is 35.9. The maximum atomic E-state index is 7.07. The molecule has 0 saturated carbocycles. The Morgan fingerprint density at radius 3 is 0.870 bits per heavy atom. The zero-order valence-electron chi connectivity index (χ0n) is 12.3. The second-order valence-corrected chi connectivity index (χ2v) is 72.3. The molecule has 0 saturated heterocycles. The van der Waals surface area contributed by atoms with E-state index in [0.717, 1.165) is 0 Å². The van der Waals surface area contributed by atoms with Crippen molar-refractivity contribution in [2.75, 3.05) is 0 Å². The van der Waals surface area contributed by atoms with Gasteiger partial charge in [0.05, 0.1) is 0 Å². The van der Waals surface area contributed by atoms with Crippen LogP contribution in [0.25, 0.3) is 0 Å². The molecule has 23 heavy (non-hydrogen) atoms. The van der Waals surface area contributed by atoms with Crippen LogP contribution in [-0.2, 0) is 0 Å². The number of hydrogen-bond acceptors (Lipinski definition) is 1.